The van der Waals surface area contributed by atoms with E-state index in [0.29, 0.717) is 6.04 Å². The second-order valence-corrected chi connectivity index (χ2v) is 5.76. The fourth-order valence-electron chi connectivity index (χ4n) is 2.61. The van der Waals surface area contributed by atoms with Gasteiger partial charge in [-0.1, -0.05) is 13.8 Å². The maximum atomic E-state index is 4.41. The van der Waals surface area contributed by atoms with Crippen molar-refractivity contribution in [3.8, 4) is 0 Å². The summed E-state index contributed by atoms with van der Waals surface area (Å²) in [5.74, 6) is 1.97. The molecule has 1 aromatic rings. The molecule has 0 saturated carbocycles. The summed E-state index contributed by atoms with van der Waals surface area (Å²) in [6.07, 6.45) is 6.58. The lowest BCUT2D eigenvalue weighted by Crippen LogP contribution is -2.40. The lowest BCUT2D eigenvalue weighted by molar-refractivity contribution is 0.159. The van der Waals surface area contributed by atoms with Gasteiger partial charge in [-0.15, -0.1) is 0 Å². The molecule has 4 heteroatoms. The number of hydrogen-bond acceptors (Lipinski definition) is 3. The van der Waals surface area contributed by atoms with Gasteiger partial charge in [0, 0.05) is 32.0 Å². The molecule has 2 heterocycles. The van der Waals surface area contributed by atoms with Crippen LogP contribution in [0.2, 0.25) is 0 Å². The van der Waals surface area contributed by atoms with E-state index in [9.17, 15) is 0 Å². The van der Waals surface area contributed by atoms with E-state index in [-0.39, 0.29) is 0 Å². The lowest BCUT2D eigenvalue weighted by Gasteiger charge is -2.33. The minimum Gasteiger partial charge on any atom is -0.337 e. The van der Waals surface area contributed by atoms with Crippen molar-refractivity contribution in [1.82, 2.24) is 19.8 Å². The molecule has 1 aliphatic rings. The highest BCUT2D eigenvalue weighted by Gasteiger charge is 2.20. The minimum absolute atomic E-state index is 0.593. The Labute approximate surface area is 110 Å². The number of hydrogen-bond donors (Lipinski definition) is 1. The van der Waals surface area contributed by atoms with Crippen LogP contribution in [-0.2, 0) is 13.6 Å². The van der Waals surface area contributed by atoms with Crippen LogP contribution >= 0.6 is 0 Å². The molecule has 4 nitrogen and oxygen atoms in total. The van der Waals surface area contributed by atoms with Gasteiger partial charge in [-0.3, -0.25) is 4.90 Å². The smallest absolute Gasteiger partial charge is 0.122 e. The van der Waals surface area contributed by atoms with Crippen LogP contribution in [-0.4, -0.2) is 40.1 Å². The Kier molecular flexibility index (Phi) is 4.78. The Morgan fingerprint density at radius 2 is 2.33 bits per heavy atom. The van der Waals surface area contributed by atoms with Crippen molar-refractivity contribution in [3.05, 3.63) is 18.2 Å². The molecule has 2 rings (SSSR count). The van der Waals surface area contributed by atoms with Gasteiger partial charge in [-0.05, 0) is 31.8 Å². The summed E-state index contributed by atoms with van der Waals surface area (Å²) in [4.78, 5) is 6.95. The molecule has 1 atom stereocenters. The maximum absolute atomic E-state index is 4.41. The number of likely N-dealkylation sites (tertiary alicyclic amines) is 1. The van der Waals surface area contributed by atoms with Crippen LogP contribution in [0.3, 0.4) is 0 Å². The number of nitrogens with zero attached hydrogens (tertiary/aromatic N) is 3. The first-order valence-corrected chi connectivity index (χ1v) is 7.07. The van der Waals surface area contributed by atoms with Crippen molar-refractivity contribution in [2.75, 3.05) is 19.6 Å². The molecule has 1 saturated heterocycles. The van der Waals surface area contributed by atoms with Crippen LogP contribution in [0.1, 0.15) is 32.5 Å². The van der Waals surface area contributed by atoms with Crippen LogP contribution in [0.25, 0.3) is 0 Å². The van der Waals surface area contributed by atoms with Gasteiger partial charge in [0.2, 0.25) is 0 Å². The second kappa shape index (κ2) is 6.34. The van der Waals surface area contributed by atoms with Gasteiger partial charge >= 0.3 is 0 Å². The third kappa shape index (κ3) is 3.82. The van der Waals surface area contributed by atoms with Gasteiger partial charge in [-0.2, -0.15) is 0 Å². The van der Waals surface area contributed by atoms with E-state index in [1.54, 1.807) is 0 Å². The average molecular weight is 250 g/mol. The minimum atomic E-state index is 0.593. The van der Waals surface area contributed by atoms with Gasteiger partial charge in [0.25, 0.3) is 0 Å². The van der Waals surface area contributed by atoms with Gasteiger partial charge in [0.05, 0.1) is 6.54 Å². The molecule has 0 spiro atoms. The van der Waals surface area contributed by atoms with Crippen molar-refractivity contribution in [3.63, 3.8) is 0 Å². The van der Waals surface area contributed by atoms with E-state index in [1.807, 2.05) is 12.4 Å². The molecule has 0 bridgehead atoms. The van der Waals surface area contributed by atoms with E-state index >= 15 is 0 Å². The largest absolute Gasteiger partial charge is 0.337 e. The van der Waals surface area contributed by atoms with Crippen LogP contribution in [0.15, 0.2) is 12.4 Å². The maximum Gasteiger partial charge on any atom is 0.122 e. The van der Waals surface area contributed by atoms with Gasteiger partial charge < -0.3 is 9.88 Å². The summed E-state index contributed by atoms with van der Waals surface area (Å²) >= 11 is 0. The van der Waals surface area contributed by atoms with E-state index < -0.39 is 0 Å². The summed E-state index contributed by atoms with van der Waals surface area (Å²) in [6, 6.07) is 0.593. The molecule has 0 radical (unpaired) electrons. The third-order valence-electron chi connectivity index (χ3n) is 3.70. The number of nitrogens with one attached hydrogen (secondary N) is 1. The Hall–Kier alpha value is -0.870. The first-order chi connectivity index (χ1) is 8.65. The number of rotatable bonds is 5. The predicted molar refractivity (Wildman–Crippen MR) is 74.3 cm³/mol. The van der Waals surface area contributed by atoms with Crippen LogP contribution < -0.4 is 5.32 Å². The van der Waals surface area contributed by atoms with E-state index in [0.717, 1.165) is 19.0 Å². The van der Waals surface area contributed by atoms with E-state index in [1.165, 1.54) is 31.8 Å². The molecule has 1 aliphatic heterocycles. The number of imidazole rings is 1. The Balaban J connectivity index is 1.81. The molecule has 1 N–H and O–H groups in total. The van der Waals surface area contributed by atoms with Crippen LogP contribution in [0, 0.1) is 5.92 Å². The fourth-order valence-corrected chi connectivity index (χ4v) is 2.61. The molecule has 1 fully saturated rings. The van der Waals surface area contributed by atoms with Gasteiger partial charge in [0.1, 0.15) is 5.82 Å². The predicted octanol–water partition coefficient (Wildman–Crippen LogP) is 1.63. The topological polar surface area (TPSA) is 33.1 Å². The Bertz CT molecular complexity index is 358. The standard InChI is InChI=1S/C14H26N4/c1-12(2)16-9-13-5-4-7-18(10-13)11-14-15-6-8-17(14)3/h6,8,12-13,16H,4-5,7,9-11H2,1-3H3. The molecule has 0 aliphatic carbocycles. The van der Waals surface area contributed by atoms with Crippen molar-refractivity contribution >= 4 is 0 Å². The molecular weight excluding hydrogens is 224 g/mol. The normalized spacial score (nSPS) is 21.7. The zero-order valence-corrected chi connectivity index (χ0v) is 11.9. The quantitative estimate of drug-likeness (QED) is 0.862. The Morgan fingerprint density at radius 3 is 3.00 bits per heavy atom. The summed E-state index contributed by atoms with van der Waals surface area (Å²) in [5, 5.41) is 3.56. The first-order valence-electron chi connectivity index (χ1n) is 7.07. The van der Waals surface area contributed by atoms with Gasteiger partial charge in [-0.25, -0.2) is 4.98 Å². The lowest BCUT2D eigenvalue weighted by atomic mass is 9.98. The highest BCUT2D eigenvalue weighted by Crippen LogP contribution is 2.17. The highest BCUT2D eigenvalue weighted by atomic mass is 15.2. The van der Waals surface area contributed by atoms with E-state index in [2.05, 4.69) is 40.7 Å². The molecular formula is C14H26N4. The summed E-state index contributed by atoms with van der Waals surface area (Å²) in [5.41, 5.74) is 0. The molecule has 0 amide bonds. The third-order valence-corrected chi connectivity index (χ3v) is 3.70. The summed E-state index contributed by atoms with van der Waals surface area (Å²) < 4.78 is 2.12. The van der Waals surface area contributed by atoms with Crippen molar-refractivity contribution in [1.29, 1.82) is 0 Å². The number of aryl methyl sites for hydroxylation is 1. The second-order valence-electron chi connectivity index (χ2n) is 5.76. The van der Waals surface area contributed by atoms with E-state index in [4.69, 9.17) is 0 Å². The number of piperidine rings is 1. The molecule has 18 heavy (non-hydrogen) atoms. The first kappa shape index (κ1) is 13.6. The average Bonchev–Trinajstić information content (AvgIpc) is 2.73. The molecule has 1 unspecified atom stereocenters. The number of aromatic nitrogens is 2. The SMILES string of the molecule is CC(C)NCC1CCCN(Cc2nccn2C)C1. The van der Waals surface area contributed by atoms with Crippen LogP contribution in [0.4, 0.5) is 0 Å². The molecule has 102 valence electrons. The van der Waals surface area contributed by atoms with Crippen molar-refractivity contribution < 1.29 is 0 Å². The summed E-state index contributed by atoms with van der Waals surface area (Å²) in [6.45, 7) is 8.98. The van der Waals surface area contributed by atoms with Crippen molar-refractivity contribution in [2.45, 2.75) is 39.3 Å². The van der Waals surface area contributed by atoms with Crippen LogP contribution in [0.5, 0.6) is 0 Å². The molecule has 0 aromatic carbocycles. The van der Waals surface area contributed by atoms with Gasteiger partial charge in [0.15, 0.2) is 0 Å². The Morgan fingerprint density at radius 1 is 1.50 bits per heavy atom. The monoisotopic (exact) mass is 250 g/mol. The summed E-state index contributed by atoms with van der Waals surface area (Å²) in [7, 11) is 2.07. The van der Waals surface area contributed by atoms with Crippen molar-refractivity contribution in [2.24, 2.45) is 13.0 Å². The zero-order valence-electron chi connectivity index (χ0n) is 11.9. The molecule has 1 aromatic heterocycles. The zero-order chi connectivity index (χ0) is 13.0. The highest BCUT2D eigenvalue weighted by molar-refractivity contribution is 4.92. The fraction of sp³-hybridized carbons (Fsp3) is 0.786.